The highest BCUT2D eigenvalue weighted by Crippen LogP contribution is 2.51. The monoisotopic (exact) mass is 709 g/mol. The van der Waals surface area contributed by atoms with Gasteiger partial charge < -0.3 is 4.90 Å². The lowest BCUT2D eigenvalue weighted by atomic mass is 9.99. The number of hydrogen-bond acceptors (Lipinski definition) is 3. The maximum Gasteiger partial charge on any atom is 0.0640 e. The minimum absolute atomic E-state index is 1.15. The van der Waals surface area contributed by atoms with Crippen LogP contribution in [0.5, 0.6) is 0 Å². The summed E-state index contributed by atoms with van der Waals surface area (Å²) in [5.41, 5.74) is 8.51. The van der Waals surface area contributed by atoms with Gasteiger partial charge in [0.1, 0.15) is 0 Å². The van der Waals surface area contributed by atoms with Gasteiger partial charge in [0.2, 0.25) is 0 Å². The van der Waals surface area contributed by atoms with Crippen LogP contribution in [0.2, 0.25) is 0 Å². The van der Waals surface area contributed by atoms with Crippen molar-refractivity contribution in [3.8, 4) is 22.3 Å². The number of fused-ring (bicyclic) bond motifs is 9. The Hall–Kier alpha value is -6.26. The SMILES string of the molecule is c1ccc(-c2ccc3c(c2)sc2c(N(c4ccc5c(ccc6ccccc65)c4)c4ccc(-c5ccccc5)c5sc6ccccc6c45)cccc23)cc1. The number of hydrogen-bond donors (Lipinski definition) is 0. The molecule has 0 aliphatic carbocycles. The van der Waals surface area contributed by atoms with Gasteiger partial charge in [-0.2, -0.15) is 0 Å². The summed E-state index contributed by atoms with van der Waals surface area (Å²) in [5, 5.41) is 10.2. The second-order valence-corrected chi connectivity index (χ2v) is 15.8. The van der Waals surface area contributed by atoms with Gasteiger partial charge in [0.25, 0.3) is 0 Å². The lowest BCUT2D eigenvalue weighted by Gasteiger charge is -2.28. The Labute approximate surface area is 315 Å². The van der Waals surface area contributed by atoms with E-state index < -0.39 is 0 Å². The molecule has 0 unspecified atom stereocenters. The standard InChI is InChI=1S/C50H31NS2/c1-3-12-32(13-4-1)35-24-26-41-42-19-11-20-45(49(42)53-47(41)31-35)51(37-25-27-39-36(30-37)23-22-34-16-7-8-17-38(34)39)44-29-28-40(33-14-5-2-6-15-33)50-48(44)43-18-9-10-21-46(43)52-50/h1-31H. The smallest absolute Gasteiger partial charge is 0.0640 e. The van der Waals surface area contributed by atoms with Crippen LogP contribution in [-0.4, -0.2) is 0 Å². The summed E-state index contributed by atoms with van der Waals surface area (Å²) in [4.78, 5) is 2.53. The molecule has 0 aliphatic heterocycles. The first-order chi connectivity index (χ1) is 26.3. The Morgan fingerprint density at radius 1 is 0.340 bits per heavy atom. The number of anilines is 3. The van der Waals surface area contributed by atoms with Crippen molar-refractivity contribution in [1.29, 1.82) is 0 Å². The molecule has 0 radical (unpaired) electrons. The summed E-state index contributed by atoms with van der Waals surface area (Å²) in [6, 6.07) is 69.1. The van der Waals surface area contributed by atoms with Gasteiger partial charge in [-0.3, -0.25) is 0 Å². The highest BCUT2D eigenvalue weighted by molar-refractivity contribution is 7.27. The zero-order valence-corrected chi connectivity index (χ0v) is 30.3. The fourth-order valence-electron chi connectivity index (χ4n) is 8.16. The molecule has 9 aromatic carbocycles. The van der Waals surface area contributed by atoms with Crippen LogP contribution in [0, 0.1) is 0 Å². The highest BCUT2D eigenvalue weighted by atomic mass is 32.1. The Kier molecular flexibility index (Phi) is 6.97. The zero-order chi connectivity index (χ0) is 34.9. The fourth-order valence-corrected chi connectivity index (χ4v) is 10.7. The van der Waals surface area contributed by atoms with Crippen molar-refractivity contribution in [1.82, 2.24) is 0 Å². The molecule has 0 spiro atoms. The third-order valence-corrected chi connectivity index (χ3v) is 13.0. The van der Waals surface area contributed by atoms with Crippen LogP contribution in [-0.2, 0) is 0 Å². The van der Waals surface area contributed by atoms with Crippen molar-refractivity contribution in [3.05, 3.63) is 188 Å². The van der Waals surface area contributed by atoms with Crippen molar-refractivity contribution in [2.45, 2.75) is 0 Å². The van der Waals surface area contributed by atoms with E-state index in [-0.39, 0.29) is 0 Å². The van der Waals surface area contributed by atoms with E-state index in [4.69, 9.17) is 0 Å². The Bertz CT molecular complexity index is 3170. The number of benzene rings is 9. The molecule has 0 saturated heterocycles. The van der Waals surface area contributed by atoms with Crippen molar-refractivity contribution >= 4 is 102 Å². The molecule has 0 fully saturated rings. The molecule has 53 heavy (non-hydrogen) atoms. The molecule has 0 atom stereocenters. The van der Waals surface area contributed by atoms with Gasteiger partial charge >= 0.3 is 0 Å². The predicted octanol–water partition coefficient (Wildman–Crippen LogP) is 15.5. The van der Waals surface area contributed by atoms with E-state index in [0.29, 0.717) is 0 Å². The summed E-state index contributed by atoms with van der Waals surface area (Å²) in [7, 11) is 0. The van der Waals surface area contributed by atoms with Crippen molar-refractivity contribution in [2.24, 2.45) is 0 Å². The molecule has 11 rings (SSSR count). The van der Waals surface area contributed by atoms with E-state index in [1.54, 1.807) is 0 Å². The average Bonchev–Trinajstić information content (AvgIpc) is 3.81. The maximum atomic E-state index is 2.53. The molecule has 0 bridgehead atoms. The molecule has 11 aromatic rings. The van der Waals surface area contributed by atoms with Crippen molar-refractivity contribution in [2.75, 3.05) is 4.90 Å². The fraction of sp³-hybridized carbons (Fsp3) is 0. The molecule has 0 saturated carbocycles. The molecular weight excluding hydrogens is 679 g/mol. The van der Waals surface area contributed by atoms with Gasteiger partial charge in [-0.1, -0.05) is 152 Å². The summed E-state index contributed by atoms with van der Waals surface area (Å²) in [6.45, 7) is 0. The van der Waals surface area contributed by atoms with Gasteiger partial charge in [-0.05, 0) is 80.2 Å². The van der Waals surface area contributed by atoms with Crippen LogP contribution in [0.3, 0.4) is 0 Å². The minimum Gasteiger partial charge on any atom is -0.308 e. The lowest BCUT2D eigenvalue weighted by molar-refractivity contribution is 1.33. The largest absolute Gasteiger partial charge is 0.308 e. The summed E-state index contributed by atoms with van der Waals surface area (Å²) in [5.74, 6) is 0. The quantitative estimate of drug-likeness (QED) is 0.161. The normalized spacial score (nSPS) is 11.8. The van der Waals surface area contributed by atoms with Crippen molar-refractivity contribution < 1.29 is 0 Å². The van der Waals surface area contributed by atoms with Gasteiger partial charge in [-0.15, -0.1) is 22.7 Å². The highest BCUT2D eigenvalue weighted by Gasteiger charge is 2.24. The van der Waals surface area contributed by atoms with Gasteiger partial charge in [0.15, 0.2) is 0 Å². The van der Waals surface area contributed by atoms with E-state index >= 15 is 0 Å². The number of rotatable bonds is 5. The van der Waals surface area contributed by atoms with E-state index in [0.717, 1.165) is 5.69 Å². The van der Waals surface area contributed by atoms with Crippen LogP contribution in [0.15, 0.2) is 188 Å². The topological polar surface area (TPSA) is 3.24 Å². The first kappa shape index (κ1) is 30.4. The molecule has 3 heteroatoms. The Morgan fingerprint density at radius 3 is 1.89 bits per heavy atom. The van der Waals surface area contributed by atoms with E-state index in [9.17, 15) is 0 Å². The summed E-state index contributed by atoms with van der Waals surface area (Å²) < 4.78 is 5.18. The van der Waals surface area contributed by atoms with Crippen LogP contribution < -0.4 is 4.90 Å². The Morgan fingerprint density at radius 2 is 1.02 bits per heavy atom. The first-order valence-electron chi connectivity index (χ1n) is 18.0. The zero-order valence-electron chi connectivity index (χ0n) is 28.7. The van der Waals surface area contributed by atoms with E-state index in [2.05, 4.69) is 193 Å². The van der Waals surface area contributed by atoms with Crippen LogP contribution in [0.4, 0.5) is 17.1 Å². The molecule has 2 aromatic heterocycles. The minimum atomic E-state index is 1.15. The third-order valence-electron chi connectivity index (χ3n) is 10.6. The summed E-state index contributed by atoms with van der Waals surface area (Å²) >= 11 is 3.78. The molecule has 248 valence electrons. The molecular formula is C50H31NS2. The molecule has 0 amide bonds. The van der Waals surface area contributed by atoms with Crippen LogP contribution >= 0.6 is 22.7 Å². The van der Waals surface area contributed by atoms with Gasteiger partial charge in [0.05, 0.1) is 16.1 Å². The second kappa shape index (κ2) is 12.2. The summed E-state index contributed by atoms with van der Waals surface area (Å²) in [6.07, 6.45) is 0. The van der Waals surface area contributed by atoms with Crippen molar-refractivity contribution in [3.63, 3.8) is 0 Å². The molecule has 0 aliphatic rings. The Balaban J connectivity index is 1.21. The van der Waals surface area contributed by atoms with Crippen LogP contribution in [0.25, 0.3) is 84.1 Å². The average molecular weight is 710 g/mol. The van der Waals surface area contributed by atoms with E-state index in [1.807, 2.05) is 22.7 Å². The first-order valence-corrected chi connectivity index (χ1v) is 19.6. The maximum absolute atomic E-state index is 2.53. The number of thiophene rings is 2. The molecule has 0 N–H and O–H groups in total. The second-order valence-electron chi connectivity index (χ2n) is 13.7. The van der Waals surface area contributed by atoms with Gasteiger partial charge in [-0.25, -0.2) is 0 Å². The lowest BCUT2D eigenvalue weighted by Crippen LogP contribution is -2.10. The molecule has 2 heterocycles. The van der Waals surface area contributed by atoms with Crippen LogP contribution in [0.1, 0.15) is 0 Å². The molecule has 1 nitrogen and oxygen atoms in total. The number of nitrogens with zero attached hydrogens (tertiary/aromatic N) is 1. The third kappa shape index (κ3) is 4.89. The predicted molar refractivity (Wildman–Crippen MR) is 233 cm³/mol. The van der Waals surface area contributed by atoms with E-state index in [1.165, 1.54) is 95.5 Å². The van der Waals surface area contributed by atoms with Gasteiger partial charge in [0, 0.05) is 41.3 Å².